The van der Waals surface area contributed by atoms with E-state index in [4.69, 9.17) is 30.0 Å². The largest absolute Gasteiger partial charge is 2.00 e. The molecule has 0 aromatic heterocycles. The molecule has 0 saturated carbocycles. The van der Waals surface area contributed by atoms with Crippen LogP contribution in [0.3, 0.4) is 0 Å². The van der Waals surface area contributed by atoms with Crippen molar-refractivity contribution in [2.75, 3.05) is 0 Å². The Hall–Kier alpha value is -0.837. The van der Waals surface area contributed by atoms with E-state index in [-0.39, 0.29) is 19.5 Å². The average Bonchev–Trinajstić information content (AvgIpc) is 1.25. The van der Waals surface area contributed by atoms with Crippen molar-refractivity contribution in [3.8, 4) is 0 Å². The zero-order valence-corrected chi connectivity index (χ0v) is 7.20. The first-order chi connectivity index (χ1) is 3.46. The predicted molar refractivity (Wildman–Crippen MR) is 16.0 cm³/mol. The Balaban J connectivity index is -0.0000000720. The fourth-order valence-corrected chi connectivity index (χ4v) is 0. The van der Waals surface area contributed by atoms with Gasteiger partial charge in [-0.3, -0.25) is 0 Å². The maximum Gasteiger partial charge on any atom is 2.00 e. The molecule has 0 rings (SSSR count). The Bertz CT molecular complexity index is 69.1. The number of rotatable bonds is 0. The molecule has 0 atom stereocenters. The molecule has 0 aromatic carbocycles. The standard InChI is InChI=1S/2CH2O3.Zn/c2*2-1(3)4;/h2*(H2,2,3,4);/q;;+2/p-2. The first-order valence-electron chi connectivity index (χ1n) is 1.26. The minimum absolute atomic E-state index is 0. The van der Waals surface area contributed by atoms with Gasteiger partial charge in [-0.25, -0.2) is 0 Å². The third-order valence-electron chi connectivity index (χ3n) is 0. The summed E-state index contributed by atoms with van der Waals surface area (Å²) >= 11 is 0. The van der Waals surface area contributed by atoms with Crippen LogP contribution in [-0.2, 0) is 19.5 Å². The van der Waals surface area contributed by atoms with Crippen LogP contribution in [0.4, 0.5) is 9.59 Å². The van der Waals surface area contributed by atoms with Crippen molar-refractivity contribution in [1.82, 2.24) is 0 Å². The fourth-order valence-electron chi connectivity index (χ4n) is 0. The van der Waals surface area contributed by atoms with Gasteiger partial charge < -0.3 is 30.0 Å². The van der Waals surface area contributed by atoms with Crippen molar-refractivity contribution in [1.29, 1.82) is 0 Å². The van der Waals surface area contributed by atoms with Gasteiger partial charge in [-0.15, -0.1) is 0 Å². The fraction of sp³-hybridized carbons (Fsp3) is 0. The van der Waals surface area contributed by atoms with Gasteiger partial charge in [0.2, 0.25) is 12.3 Å². The van der Waals surface area contributed by atoms with Gasteiger partial charge in [-0.05, 0) is 0 Å². The second-order valence-electron chi connectivity index (χ2n) is 0.532. The zero-order valence-electron chi connectivity index (χ0n) is 4.23. The van der Waals surface area contributed by atoms with Crippen molar-refractivity contribution in [2.45, 2.75) is 0 Å². The number of carboxylic acid groups (broad SMARTS) is 4. The molecule has 0 radical (unpaired) electrons. The second-order valence-corrected chi connectivity index (χ2v) is 0.532. The smallest absolute Gasteiger partial charge is 0.565 e. The Kier molecular flexibility index (Phi) is 17.8. The topological polar surface area (TPSA) is 121 Å². The molecule has 0 heterocycles. The minimum Gasteiger partial charge on any atom is -0.565 e. The van der Waals surface area contributed by atoms with Gasteiger partial charge in [-0.2, -0.15) is 0 Å². The van der Waals surface area contributed by atoms with Gasteiger partial charge in [-0.1, -0.05) is 0 Å². The third-order valence-corrected chi connectivity index (χ3v) is 0. The van der Waals surface area contributed by atoms with E-state index in [1.165, 1.54) is 0 Å². The summed E-state index contributed by atoms with van der Waals surface area (Å²) in [6.45, 7) is 0. The normalized spacial score (nSPS) is 5.33. The maximum atomic E-state index is 8.44. The van der Waals surface area contributed by atoms with E-state index < -0.39 is 12.3 Å². The molecule has 9 heavy (non-hydrogen) atoms. The van der Waals surface area contributed by atoms with Crippen LogP contribution in [0.2, 0.25) is 0 Å². The molecule has 6 nitrogen and oxygen atoms in total. The van der Waals surface area contributed by atoms with Gasteiger partial charge in [0.15, 0.2) is 0 Å². The molecule has 0 aromatic rings. The molecule has 0 amide bonds. The quantitative estimate of drug-likeness (QED) is 0.414. The Morgan fingerprint density at radius 1 is 1.00 bits per heavy atom. The van der Waals surface area contributed by atoms with E-state index >= 15 is 0 Å². The first-order valence-corrected chi connectivity index (χ1v) is 1.26. The molecule has 0 aliphatic carbocycles. The Morgan fingerprint density at radius 2 is 1.00 bits per heavy atom. The monoisotopic (exact) mass is 186 g/mol. The van der Waals surface area contributed by atoms with Crippen molar-refractivity contribution in [3.63, 3.8) is 0 Å². The third kappa shape index (κ3) is 273. The van der Waals surface area contributed by atoms with E-state index in [9.17, 15) is 0 Å². The molecule has 0 fully saturated rings. The molecule has 0 aliphatic rings. The summed E-state index contributed by atoms with van der Waals surface area (Å²) in [5.41, 5.74) is 0. The van der Waals surface area contributed by atoms with Crippen molar-refractivity contribution >= 4 is 12.3 Å². The van der Waals surface area contributed by atoms with E-state index in [0.717, 1.165) is 0 Å². The summed E-state index contributed by atoms with van der Waals surface area (Å²) in [4.78, 5) is 16.9. The van der Waals surface area contributed by atoms with E-state index in [0.29, 0.717) is 0 Å². The molecule has 0 saturated heterocycles. The summed E-state index contributed by atoms with van der Waals surface area (Å²) in [6.07, 6.45) is -4.17. The van der Waals surface area contributed by atoms with Crippen LogP contribution in [0.25, 0.3) is 0 Å². The molecule has 48 valence electrons. The molecule has 2 N–H and O–H groups in total. The molecule has 0 bridgehead atoms. The van der Waals surface area contributed by atoms with Crippen molar-refractivity contribution in [2.24, 2.45) is 0 Å². The zero-order chi connectivity index (χ0) is 7.15. The minimum atomic E-state index is -2.08. The molecule has 0 aliphatic heterocycles. The van der Waals surface area contributed by atoms with Crippen molar-refractivity contribution < 1.29 is 49.5 Å². The molecule has 0 unspecified atom stereocenters. The summed E-state index contributed by atoms with van der Waals surface area (Å²) < 4.78 is 0. The van der Waals surface area contributed by atoms with Crippen molar-refractivity contribution in [3.05, 3.63) is 0 Å². The van der Waals surface area contributed by atoms with Crippen LogP contribution in [0.5, 0.6) is 0 Å². The van der Waals surface area contributed by atoms with Crippen LogP contribution in [-0.4, -0.2) is 22.5 Å². The number of hydrogen-bond acceptors (Lipinski definition) is 4. The number of hydrogen-bond donors (Lipinski definition) is 2. The molecule has 0 spiro atoms. The summed E-state index contributed by atoms with van der Waals surface area (Å²) in [5.74, 6) is 0. The molecular weight excluding hydrogens is 185 g/mol. The maximum absolute atomic E-state index is 8.44. The predicted octanol–water partition coefficient (Wildman–Crippen LogP) is -2.23. The van der Waals surface area contributed by atoms with Gasteiger partial charge in [0.1, 0.15) is 0 Å². The van der Waals surface area contributed by atoms with E-state index in [1.54, 1.807) is 0 Å². The number of carbonyl (C=O) groups is 2. The van der Waals surface area contributed by atoms with E-state index in [1.807, 2.05) is 0 Å². The van der Waals surface area contributed by atoms with E-state index in [2.05, 4.69) is 0 Å². The van der Waals surface area contributed by atoms with Crippen LogP contribution in [0.15, 0.2) is 0 Å². The van der Waals surface area contributed by atoms with Crippen LogP contribution < -0.4 is 10.2 Å². The SMILES string of the molecule is O=C([O-])O.O=C([O-])O.[Zn+2]. The van der Waals surface area contributed by atoms with Crippen LogP contribution in [0, 0.1) is 0 Å². The summed E-state index contributed by atoms with van der Waals surface area (Å²) in [7, 11) is 0. The average molecular weight is 187 g/mol. The Labute approximate surface area is 62.5 Å². The first kappa shape index (κ1) is 15.7. The molecular formula is C2H2O6Zn. The summed E-state index contributed by atoms with van der Waals surface area (Å²) in [6, 6.07) is 0. The van der Waals surface area contributed by atoms with Gasteiger partial charge in [0.05, 0.1) is 0 Å². The van der Waals surface area contributed by atoms with Crippen LogP contribution >= 0.6 is 0 Å². The van der Waals surface area contributed by atoms with Gasteiger partial charge in [0.25, 0.3) is 0 Å². The van der Waals surface area contributed by atoms with Crippen LogP contribution in [0.1, 0.15) is 0 Å². The van der Waals surface area contributed by atoms with Gasteiger partial charge >= 0.3 is 19.5 Å². The molecule has 7 heteroatoms. The van der Waals surface area contributed by atoms with Gasteiger partial charge in [0, 0.05) is 0 Å². The summed E-state index contributed by atoms with van der Waals surface area (Å²) in [5, 5.41) is 30.6. The Morgan fingerprint density at radius 3 is 1.00 bits per heavy atom. The second kappa shape index (κ2) is 10.2.